The van der Waals surface area contributed by atoms with E-state index in [4.69, 9.17) is 0 Å². The fourth-order valence-corrected chi connectivity index (χ4v) is 2.46. The molecule has 2 aromatic carbocycles. The lowest BCUT2D eigenvalue weighted by Crippen LogP contribution is -2.32. The Bertz CT molecular complexity index is 749. The van der Waals surface area contributed by atoms with Gasteiger partial charge in [0.15, 0.2) is 0 Å². The molecule has 7 heteroatoms. The molecule has 2 atom stereocenters. The van der Waals surface area contributed by atoms with Crippen LogP contribution in [0.15, 0.2) is 48.5 Å². The Morgan fingerprint density at radius 1 is 1.24 bits per heavy atom. The van der Waals surface area contributed by atoms with E-state index in [0.717, 1.165) is 5.56 Å². The molecule has 25 heavy (non-hydrogen) atoms. The molecule has 0 fully saturated rings. The number of amides is 1. The summed E-state index contributed by atoms with van der Waals surface area (Å²) in [6, 6.07) is 13.3. The fourth-order valence-electron chi connectivity index (χ4n) is 2.46. The largest absolute Gasteiger partial charge is 0.391 e. The Morgan fingerprint density at radius 2 is 1.92 bits per heavy atom. The molecule has 7 nitrogen and oxygen atoms in total. The molecule has 1 amide bonds. The van der Waals surface area contributed by atoms with Gasteiger partial charge in [0.1, 0.15) is 5.69 Å². The molecule has 0 aliphatic rings. The van der Waals surface area contributed by atoms with Crippen LogP contribution in [-0.2, 0) is 6.42 Å². The van der Waals surface area contributed by atoms with Gasteiger partial charge in [-0.1, -0.05) is 30.3 Å². The number of rotatable bonds is 7. The molecule has 0 saturated carbocycles. The van der Waals surface area contributed by atoms with Gasteiger partial charge in [-0.25, -0.2) is 0 Å². The highest BCUT2D eigenvalue weighted by Gasteiger charge is 2.21. The average molecular weight is 343 g/mol. The Hall–Kier alpha value is -2.93. The molecular formula is C18H21N3O4. The summed E-state index contributed by atoms with van der Waals surface area (Å²) in [6.45, 7) is 1.75. The molecule has 132 valence electrons. The van der Waals surface area contributed by atoms with Gasteiger partial charge in [0.25, 0.3) is 11.6 Å². The van der Waals surface area contributed by atoms with Crippen LogP contribution in [-0.4, -0.2) is 35.1 Å². The van der Waals surface area contributed by atoms with Crippen molar-refractivity contribution in [1.82, 2.24) is 5.32 Å². The van der Waals surface area contributed by atoms with Crippen molar-refractivity contribution >= 4 is 17.3 Å². The molecular weight excluding hydrogens is 322 g/mol. The van der Waals surface area contributed by atoms with E-state index in [1.165, 1.54) is 25.2 Å². The number of anilines is 1. The monoisotopic (exact) mass is 343 g/mol. The van der Waals surface area contributed by atoms with E-state index in [2.05, 4.69) is 10.6 Å². The summed E-state index contributed by atoms with van der Waals surface area (Å²) in [7, 11) is 1.46. The van der Waals surface area contributed by atoms with Crippen molar-refractivity contribution in [3.63, 3.8) is 0 Å². The number of nitrogens with one attached hydrogen (secondary N) is 2. The van der Waals surface area contributed by atoms with Crippen LogP contribution in [0.25, 0.3) is 0 Å². The van der Waals surface area contributed by atoms with Gasteiger partial charge in [0, 0.05) is 31.1 Å². The molecule has 0 saturated heterocycles. The van der Waals surface area contributed by atoms with Gasteiger partial charge in [0.2, 0.25) is 0 Å². The van der Waals surface area contributed by atoms with Crippen LogP contribution in [0.1, 0.15) is 22.8 Å². The first kappa shape index (κ1) is 18.4. The van der Waals surface area contributed by atoms with Crippen LogP contribution < -0.4 is 10.6 Å². The van der Waals surface area contributed by atoms with E-state index in [1.54, 1.807) is 6.92 Å². The number of nitro groups is 1. The number of nitrogens with zero attached hydrogens (tertiary/aromatic N) is 1. The normalized spacial score (nSPS) is 12.9. The molecule has 0 aliphatic heterocycles. The predicted octanol–water partition coefficient (Wildman–Crippen LogP) is 2.36. The first-order valence-corrected chi connectivity index (χ1v) is 7.91. The zero-order valence-electron chi connectivity index (χ0n) is 14.1. The minimum absolute atomic E-state index is 0.206. The molecule has 0 aliphatic carbocycles. The Kier molecular flexibility index (Phi) is 6.08. The lowest BCUT2D eigenvalue weighted by Gasteiger charge is -2.21. The van der Waals surface area contributed by atoms with Crippen molar-refractivity contribution in [3.8, 4) is 0 Å². The zero-order chi connectivity index (χ0) is 18.4. The summed E-state index contributed by atoms with van der Waals surface area (Å²) in [5.41, 5.74) is 1.24. The highest BCUT2D eigenvalue weighted by Crippen LogP contribution is 2.27. The highest BCUT2D eigenvalue weighted by molar-refractivity contribution is 5.95. The molecule has 2 unspecified atom stereocenters. The van der Waals surface area contributed by atoms with E-state index >= 15 is 0 Å². The van der Waals surface area contributed by atoms with E-state index in [9.17, 15) is 20.0 Å². The lowest BCUT2D eigenvalue weighted by atomic mass is 10.0. The van der Waals surface area contributed by atoms with Gasteiger partial charge in [0.05, 0.1) is 11.0 Å². The maximum Gasteiger partial charge on any atom is 0.293 e. The number of benzene rings is 2. The zero-order valence-corrected chi connectivity index (χ0v) is 14.1. The Labute approximate surface area is 145 Å². The van der Waals surface area contributed by atoms with Crippen molar-refractivity contribution in [2.75, 3.05) is 12.4 Å². The molecule has 0 spiro atoms. The Balaban J connectivity index is 2.15. The van der Waals surface area contributed by atoms with Gasteiger partial charge < -0.3 is 15.7 Å². The SMILES string of the molecule is CNC(=O)c1ccc(NC(C)C(O)Cc2ccccc2)c([N+](=O)[O-])c1. The van der Waals surface area contributed by atoms with Crippen LogP contribution in [0.4, 0.5) is 11.4 Å². The molecule has 0 bridgehead atoms. The fraction of sp³-hybridized carbons (Fsp3) is 0.278. The summed E-state index contributed by atoms with van der Waals surface area (Å²) in [5, 5.41) is 27.0. The van der Waals surface area contributed by atoms with E-state index < -0.39 is 23.0 Å². The van der Waals surface area contributed by atoms with E-state index in [1.807, 2.05) is 30.3 Å². The summed E-state index contributed by atoms with van der Waals surface area (Å²) < 4.78 is 0. The highest BCUT2D eigenvalue weighted by atomic mass is 16.6. The minimum atomic E-state index is -0.722. The topological polar surface area (TPSA) is 104 Å². The second kappa shape index (κ2) is 8.25. The second-order valence-electron chi connectivity index (χ2n) is 5.76. The smallest absolute Gasteiger partial charge is 0.293 e. The van der Waals surface area contributed by atoms with Crippen LogP contribution in [0.5, 0.6) is 0 Å². The summed E-state index contributed by atoms with van der Waals surface area (Å²) in [4.78, 5) is 22.4. The molecule has 0 aromatic heterocycles. The van der Waals surface area contributed by atoms with Crippen LogP contribution in [0.2, 0.25) is 0 Å². The predicted molar refractivity (Wildman–Crippen MR) is 95.7 cm³/mol. The molecule has 2 rings (SSSR count). The third kappa shape index (κ3) is 4.77. The molecule has 0 radical (unpaired) electrons. The summed E-state index contributed by atoms with van der Waals surface area (Å²) in [6.07, 6.45) is -0.292. The first-order chi connectivity index (χ1) is 11.9. The van der Waals surface area contributed by atoms with Crippen LogP contribution >= 0.6 is 0 Å². The number of nitro benzene ring substituents is 1. The lowest BCUT2D eigenvalue weighted by molar-refractivity contribution is -0.384. The second-order valence-corrected chi connectivity index (χ2v) is 5.76. The number of hydrogen-bond acceptors (Lipinski definition) is 5. The number of aliphatic hydroxyl groups is 1. The third-order valence-electron chi connectivity index (χ3n) is 3.93. The van der Waals surface area contributed by atoms with Crippen LogP contribution in [0, 0.1) is 10.1 Å². The number of hydrogen-bond donors (Lipinski definition) is 3. The van der Waals surface area contributed by atoms with Crippen molar-refractivity contribution in [1.29, 1.82) is 0 Å². The molecule has 0 heterocycles. The number of aliphatic hydroxyl groups excluding tert-OH is 1. The maximum atomic E-state index is 11.6. The van der Waals surface area contributed by atoms with Gasteiger partial charge >= 0.3 is 0 Å². The van der Waals surface area contributed by atoms with Crippen molar-refractivity contribution in [3.05, 3.63) is 69.8 Å². The number of carbonyl (C=O) groups excluding carboxylic acids is 1. The van der Waals surface area contributed by atoms with E-state index in [-0.39, 0.29) is 16.9 Å². The first-order valence-electron chi connectivity index (χ1n) is 7.91. The van der Waals surface area contributed by atoms with Crippen molar-refractivity contribution in [2.24, 2.45) is 0 Å². The summed E-state index contributed by atoms with van der Waals surface area (Å²) >= 11 is 0. The molecule has 3 N–H and O–H groups in total. The van der Waals surface area contributed by atoms with Crippen LogP contribution in [0.3, 0.4) is 0 Å². The van der Waals surface area contributed by atoms with E-state index in [0.29, 0.717) is 6.42 Å². The van der Waals surface area contributed by atoms with Crippen molar-refractivity contribution < 1.29 is 14.8 Å². The van der Waals surface area contributed by atoms with Crippen molar-refractivity contribution in [2.45, 2.75) is 25.5 Å². The quantitative estimate of drug-likeness (QED) is 0.529. The third-order valence-corrected chi connectivity index (χ3v) is 3.93. The Morgan fingerprint density at radius 3 is 2.52 bits per heavy atom. The summed E-state index contributed by atoms with van der Waals surface area (Å²) in [5.74, 6) is -0.396. The van der Waals surface area contributed by atoms with Gasteiger partial charge in [-0.05, 0) is 24.6 Å². The number of carbonyl (C=O) groups is 1. The maximum absolute atomic E-state index is 11.6. The standard InChI is InChI=1S/C18H21N3O4/c1-12(17(22)10-13-6-4-3-5-7-13)20-15-9-8-14(18(23)19-2)11-16(15)21(24)25/h3-9,11-12,17,20,22H,10H2,1-2H3,(H,19,23). The molecule has 2 aromatic rings. The van der Waals surface area contributed by atoms with Gasteiger partial charge in [-0.3, -0.25) is 14.9 Å². The minimum Gasteiger partial charge on any atom is -0.391 e. The average Bonchev–Trinajstić information content (AvgIpc) is 2.61. The van der Waals surface area contributed by atoms with Gasteiger partial charge in [-0.15, -0.1) is 0 Å². The van der Waals surface area contributed by atoms with Gasteiger partial charge in [-0.2, -0.15) is 0 Å².